The van der Waals surface area contributed by atoms with Crippen molar-refractivity contribution < 1.29 is 14.6 Å². The van der Waals surface area contributed by atoms with E-state index in [0.29, 0.717) is 28.4 Å². The molecule has 3 aliphatic rings. The molecule has 0 saturated carbocycles. The number of rotatable bonds is 1. The molecule has 1 aromatic carbocycles. The minimum Gasteiger partial charge on any atom is -0.458 e. The van der Waals surface area contributed by atoms with Crippen LogP contribution in [0, 0.1) is 0 Å². The van der Waals surface area contributed by atoms with Gasteiger partial charge in [-0.15, -0.1) is 0 Å². The molecule has 0 fully saturated rings. The first-order chi connectivity index (χ1) is 14.4. The van der Waals surface area contributed by atoms with Gasteiger partial charge in [-0.25, -0.2) is 9.78 Å². The highest BCUT2D eigenvalue weighted by molar-refractivity contribution is 6.35. The number of anilines is 1. The van der Waals surface area contributed by atoms with E-state index in [1.54, 1.807) is 17.6 Å². The molecule has 0 radical (unpaired) electrons. The molecular weight excluding hydrogens is 406 g/mol. The van der Waals surface area contributed by atoms with E-state index >= 15 is 0 Å². The Morgan fingerprint density at radius 1 is 1.30 bits per heavy atom. The molecule has 7 nitrogen and oxygen atoms in total. The lowest BCUT2D eigenvalue weighted by molar-refractivity contribution is -0.172. The number of esters is 1. The van der Waals surface area contributed by atoms with Gasteiger partial charge in [0.2, 0.25) is 0 Å². The zero-order valence-electron chi connectivity index (χ0n) is 16.2. The second-order valence-corrected chi connectivity index (χ2v) is 8.42. The minimum atomic E-state index is -1.82. The maximum Gasteiger partial charge on any atom is 0.343 e. The number of carbonyl (C=O) groups excluding carboxylic acids is 1. The van der Waals surface area contributed by atoms with Gasteiger partial charge in [0.1, 0.15) is 6.61 Å². The largest absolute Gasteiger partial charge is 0.458 e. The van der Waals surface area contributed by atoms with Gasteiger partial charge in [0.15, 0.2) is 5.60 Å². The van der Waals surface area contributed by atoms with Gasteiger partial charge in [-0.05, 0) is 36.6 Å². The van der Waals surface area contributed by atoms with Gasteiger partial charge in [0, 0.05) is 23.1 Å². The lowest BCUT2D eigenvalue weighted by Gasteiger charge is -2.31. The van der Waals surface area contributed by atoms with Crippen LogP contribution in [0.25, 0.3) is 22.3 Å². The Morgan fingerprint density at radius 3 is 2.93 bits per heavy atom. The van der Waals surface area contributed by atoms with Crippen molar-refractivity contribution in [2.45, 2.75) is 38.5 Å². The predicted molar refractivity (Wildman–Crippen MR) is 112 cm³/mol. The van der Waals surface area contributed by atoms with E-state index in [1.165, 1.54) is 0 Å². The summed E-state index contributed by atoms with van der Waals surface area (Å²) in [5.74, 6) is -0.716. The van der Waals surface area contributed by atoms with Crippen LogP contribution in [0.4, 0.5) is 5.69 Å². The van der Waals surface area contributed by atoms with Crippen molar-refractivity contribution in [2.24, 2.45) is 0 Å². The quantitative estimate of drug-likeness (QED) is 0.457. The number of nitrogens with one attached hydrogen (secondary N) is 1. The number of cyclic esters (lactones) is 1. The van der Waals surface area contributed by atoms with Crippen molar-refractivity contribution in [2.75, 3.05) is 11.9 Å². The van der Waals surface area contributed by atoms with Crippen LogP contribution in [0.15, 0.2) is 23.0 Å². The Hall–Kier alpha value is -2.90. The Kier molecular flexibility index (Phi) is 3.48. The summed E-state index contributed by atoms with van der Waals surface area (Å²) in [6.45, 7) is 2.72. The molecule has 0 bridgehead atoms. The first kappa shape index (κ1) is 17.9. The van der Waals surface area contributed by atoms with Gasteiger partial charge in [-0.1, -0.05) is 18.5 Å². The highest BCUT2D eigenvalue weighted by Crippen LogP contribution is 2.43. The van der Waals surface area contributed by atoms with Crippen molar-refractivity contribution in [3.8, 4) is 11.4 Å². The fourth-order valence-corrected chi connectivity index (χ4v) is 5.23. The van der Waals surface area contributed by atoms with Crippen LogP contribution in [-0.4, -0.2) is 27.2 Å². The number of carbonyl (C=O) groups is 1. The maximum absolute atomic E-state index is 13.3. The summed E-state index contributed by atoms with van der Waals surface area (Å²) in [6, 6.07) is 5.45. The van der Waals surface area contributed by atoms with Crippen molar-refractivity contribution in [3.63, 3.8) is 0 Å². The fourth-order valence-electron chi connectivity index (χ4n) is 5.00. The van der Waals surface area contributed by atoms with Gasteiger partial charge in [-0.3, -0.25) is 4.79 Å². The number of aromatic nitrogens is 2. The van der Waals surface area contributed by atoms with Gasteiger partial charge >= 0.3 is 5.97 Å². The standard InChI is InChI=1S/C22H18ClN3O4/c1-2-22(29)13-7-16-18-11(8-26(16)20(27)12(13)9-30-21(22)28)10-5-6-24-19-14(23)3-4-15(25-18)17(10)19/h3-4,7,24,29H,2,5-6,8-9H2,1H3. The van der Waals surface area contributed by atoms with Crippen LogP contribution >= 0.6 is 11.6 Å². The van der Waals surface area contributed by atoms with Crippen LogP contribution in [-0.2, 0) is 34.7 Å². The first-order valence-corrected chi connectivity index (χ1v) is 10.4. The minimum absolute atomic E-state index is 0.124. The molecule has 3 aliphatic heterocycles. The third-order valence-electron chi connectivity index (χ3n) is 6.60. The predicted octanol–water partition coefficient (Wildman–Crippen LogP) is 2.70. The Bertz CT molecular complexity index is 1360. The van der Waals surface area contributed by atoms with Crippen molar-refractivity contribution in [1.82, 2.24) is 9.55 Å². The van der Waals surface area contributed by atoms with Crippen molar-refractivity contribution in [1.29, 1.82) is 0 Å². The molecule has 5 heterocycles. The molecule has 0 saturated heterocycles. The number of nitrogens with zero attached hydrogens (tertiary/aromatic N) is 2. The number of aliphatic hydroxyl groups is 1. The fraction of sp³-hybridized carbons (Fsp3) is 0.318. The van der Waals surface area contributed by atoms with E-state index < -0.39 is 11.6 Å². The topological polar surface area (TPSA) is 93.5 Å². The summed E-state index contributed by atoms with van der Waals surface area (Å²) >= 11 is 6.40. The molecule has 2 aromatic heterocycles. The summed E-state index contributed by atoms with van der Waals surface area (Å²) in [5.41, 5.74) is 3.78. The number of hydrogen-bond acceptors (Lipinski definition) is 6. The number of pyridine rings is 2. The van der Waals surface area contributed by atoms with Crippen molar-refractivity contribution >= 4 is 34.2 Å². The number of halogens is 1. The van der Waals surface area contributed by atoms with Crippen LogP contribution in [0.5, 0.6) is 0 Å². The average Bonchev–Trinajstić information content (AvgIpc) is 3.13. The van der Waals surface area contributed by atoms with E-state index in [1.807, 2.05) is 12.1 Å². The lowest BCUT2D eigenvalue weighted by atomic mass is 9.86. The third kappa shape index (κ3) is 2.06. The first-order valence-electron chi connectivity index (χ1n) is 9.99. The zero-order chi connectivity index (χ0) is 20.8. The molecule has 3 aromatic rings. The molecule has 6 rings (SSSR count). The number of benzene rings is 1. The van der Waals surface area contributed by atoms with E-state index in [-0.39, 0.29) is 18.6 Å². The number of hydrogen-bond donors (Lipinski definition) is 2. The average molecular weight is 424 g/mol. The van der Waals surface area contributed by atoms with Gasteiger partial charge < -0.3 is 19.7 Å². The van der Waals surface area contributed by atoms with Crippen LogP contribution in [0.2, 0.25) is 5.02 Å². The molecule has 1 atom stereocenters. The summed E-state index contributed by atoms with van der Waals surface area (Å²) in [7, 11) is 0. The van der Waals surface area contributed by atoms with E-state index in [9.17, 15) is 14.7 Å². The normalized spacial score (nSPS) is 21.0. The van der Waals surface area contributed by atoms with Gasteiger partial charge in [-0.2, -0.15) is 0 Å². The molecule has 8 heteroatoms. The van der Waals surface area contributed by atoms with Gasteiger partial charge in [0.05, 0.1) is 39.7 Å². The molecular formula is C22H18ClN3O4. The third-order valence-corrected chi connectivity index (χ3v) is 6.91. The smallest absolute Gasteiger partial charge is 0.343 e. The molecule has 0 spiro atoms. The molecule has 152 valence electrons. The molecule has 0 aliphatic carbocycles. The van der Waals surface area contributed by atoms with Gasteiger partial charge in [0.25, 0.3) is 5.56 Å². The van der Waals surface area contributed by atoms with Crippen LogP contribution < -0.4 is 10.9 Å². The highest BCUT2D eigenvalue weighted by Gasteiger charge is 2.45. The monoisotopic (exact) mass is 423 g/mol. The summed E-state index contributed by atoms with van der Waals surface area (Å²) in [5, 5.41) is 16.0. The van der Waals surface area contributed by atoms with E-state index in [4.69, 9.17) is 21.3 Å². The molecule has 2 N–H and O–H groups in total. The zero-order valence-corrected chi connectivity index (χ0v) is 17.0. The Balaban J connectivity index is 1.68. The number of ether oxygens (including phenoxy) is 1. The molecule has 30 heavy (non-hydrogen) atoms. The highest BCUT2D eigenvalue weighted by atomic mass is 35.5. The summed E-state index contributed by atoms with van der Waals surface area (Å²) < 4.78 is 6.80. The lowest BCUT2D eigenvalue weighted by Crippen LogP contribution is -2.44. The number of fused-ring (bicyclic) bond motifs is 5. The molecule has 1 unspecified atom stereocenters. The van der Waals surface area contributed by atoms with Crippen LogP contribution in [0.3, 0.4) is 0 Å². The van der Waals surface area contributed by atoms with E-state index in [2.05, 4.69) is 5.32 Å². The van der Waals surface area contributed by atoms with Crippen molar-refractivity contribution in [3.05, 3.63) is 55.8 Å². The second-order valence-electron chi connectivity index (χ2n) is 8.01. The van der Waals surface area contributed by atoms with Crippen LogP contribution in [0.1, 0.15) is 35.6 Å². The second kappa shape index (κ2) is 5.83. The Labute approximate surface area is 176 Å². The maximum atomic E-state index is 13.3. The van der Waals surface area contributed by atoms with E-state index in [0.717, 1.165) is 46.4 Å². The SMILES string of the molecule is CCC1(O)C(=O)OCc2c1cc1n(c2=O)Cc2c-1nc1ccc(Cl)c3c1c2CCN3. The summed E-state index contributed by atoms with van der Waals surface area (Å²) in [4.78, 5) is 30.5. The molecule has 0 amide bonds. The Morgan fingerprint density at radius 2 is 2.13 bits per heavy atom. The summed E-state index contributed by atoms with van der Waals surface area (Å²) in [6.07, 6.45) is 0.927.